The zero-order valence-electron chi connectivity index (χ0n) is 10.9. The van der Waals surface area contributed by atoms with Gasteiger partial charge in [0.25, 0.3) is 0 Å². The maximum atomic E-state index is 12.5. The van der Waals surface area contributed by atoms with Crippen LogP contribution in [0.5, 0.6) is 0 Å². The fourth-order valence-corrected chi connectivity index (χ4v) is 1.97. The van der Waals surface area contributed by atoms with Crippen LogP contribution in [-0.2, 0) is 6.42 Å². The van der Waals surface area contributed by atoms with Gasteiger partial charge in [-0.3, -0.25) is 4.79 Å². The van der Waals surface area contributed by atoms with Crippen LogP contribution in [0.1, 0.15) is 27.0 Å². The normalized spacial score (nSPS) is 11.4. The molecule has 0 aliphatic rings. The van der Waals surface area contributed by atoms with E-state index in [1.165, 1.54) is 18.2 Å². The highest BCUT2D eigenvalue weighted by molar-refractivity contribution is 6.09. The second-order valence-electron chi connectivity index (χ2n) is 4.64. The molecule has 0 saturated carbocycles. The highest BCUT2D eigenvalue weighted by Crippen LogP contribution is 2.24. The molecule has 0 aliphatic carbocycles. The van der Waals surface area contributed by atoms with E-state index in [2.05, 4.69) is 0 Å². The van der Waals surface area contributed by atoms with Gasteiger partial charge in [-0.2, -0.15) is 13.2 Å². The van der Waals surface area contributed by atoms with Crippen LogP contribution < -0.4 is 0 Å². The highest BCUT2D eigenvalue weighted by atomic mass is 19.4. The number of rotatable bonds is 3. The van der Waals surface area contributed by atoms with E-state index in [9.17, 15) is 18.0 Å². The predicted molar refractivity (Wildman–Crippen MR) is 70.8 cm³/mol. The lowest BCUT2D eigenvalue weighted by Gasteiger charge is -2.11. The van der Waals surface area contributed by atoms with E-state index >= 15 is 0 Å². The molecule has 0 saturated heterocycles. The van der Waals surface area contributed by atoms with E-state index in [1.54, 1.807) is 30.3 Å². The first kappa shape index (κ1) is 14.3. The summed E-state index contributed by atoms with van der Waals surface area (Å²) in [4.78, 5) is 12.3. The Morgan fingerprint density at radius 3 is 2.20 bits per heavy atom. The first-order valence-corrected chi connectivity index (χ1v) is 6.13. The van der Waals surface area contributed by atoms with Gasteiger partial charge in [0.15, 0.2) is 5.78 Å². The average Bonchev–Trinajstić information content (AvgIpc) is 2.37. The summed E-state index contributed by atoms with van der Waals surface area (Å²) in [5.74, 6) is -0.384. The fourth-order valence-electron chi connectivity index (χ4n) is 1.97. The van der Waals surface area contributed by atoms with Crippen molar-refractivity contribution in [3.63, 3.8) is 0 Å². The Balaban J connectivity index is 2.37. The summed E-state index contributed by atoms with van der Waals surface area (Å²) in [5, 5.41) is 0. The molecule has 2 aromatic rings. The van der Waals surface area contributed by atoms with Gasteiger partial charge >= 0.3 is 6.18 Å². The number of hydrogen-bond acceptors (Lipinski definition) is 1. The molecule has 2 aromatic carbocycles. The maximum absolute atomic E-state index is 12.5. The second-order valence-corrected chi connectivity index (χ2v) is 4.64. The Bertz CT molecular complexity index is 612. The van der Waals surface area contributed by atoms with Gasteiger partial charge in [-0.05, 0) is 12.5 Å². The van der Waals surface area contributed by atoms with Crippen molar-refractivity contribution in [1.29, 1.82) is 0 Å². The maximum Gasteiger partial charge on any atom is 0.393 e. The van der Waals surface area contributed by atoms with E-state index < -0.39 is 12.6 Å². The standard InChI is InChI=1S/C16H13F3O/c1-11-6-8-12(9-7-11)15(20)14-5-3-2-4-13(14)10-16(17,18)19/h2-9H,10H2,1H3. The molecule has 0 heterocycles. The van der Waals surface area contributed by atoms with Crippen LogP contribution >= 0.6 is 0 Å². The quantitative estimate of drug-likeness (QED) is 0.764. The van der Waals surface area contributed by atoms with Crippen molar-refractivity contribution in [3.8, 4) is 0 Å². The van der Waals surface area contributed by atoms with Crippen molar-refractivity contribution in [3.05, 3.63) is 70.8 Å². The molecule has 4 heteroatoms. The number of hydrogen-bond donors (Lipinski definition) is 0. The molecule has 0 bridgehead atoms. The van der Waals surface area contributed by atoms with Crippen LogP contribution in [0.2, 0.25) is 0 Å². The summed E-state index contributed by atoms with van der Waals surface area (Å²) < 4.78 is 37.6. The lowest BCUT2D eigenvalue weighted by Crippen LogP contribution is -2.15. The van der Waals surface area contributed by atoms with Crippen molar-refractivity contribution in [2.45, 2.75) is 19.5 Å². The van der Waals surface area contributed by atoms with E-state index in [0.29, 0.717) is 5.56 Å². The first-order valence-electron chi connectivity index (χ1n) is 6.13. The van der Waals surface area contributed by atoms with Gasteiger partial charge in [0.2, 0.25) is 0 Å². The molecule has 2 rings (SSSR count). The molecule has 0 spiro atoms. The molecule has 0 amide bonds. The van der Waals surface area contributed by atoms with Crippen LogP contribution in [0.25, 0.3) is 0 Å². The number of aryl methyl sites for hydroxylation is 1. The molecule has 20 heavy (non-hydrogen) atoms. The minimum atomic E-state index is -4.33. The molecule has 0 N–H and O–H groups in total. The molecule has 0 aromatic heterocycles. The minimum Gasteiger partial charge on any atom is -0.289 e. The van der Waals surface area contributed by atoms with Crippen molar-refractivity contribution in [1.82, 2.24) is 0 Å². The molecule has 0 aliphatic heterocycles. The Labute approximate surface area is 115 Å². The van der Waals surface area contributed by atoms with Gasteiger partial charge in [0.1, 0.15) is 0 Å². The monoisotopic (exact) mass is 278 g/mol. The molecule has 0 radical (unpaired) electrons. The zero-order chi connectivity index (χ0) is 14.8. The Morgan fingerprint density at radius 1 is 1.00 bits per heavy atom. The molecule has 1 nitrogen and oxygen atoms in total. The number of carbonyl (C=O) groups excluding carboxylic acids is 1. The Kier molecular flexibility index (Phi) is 3.93. The first-order chi connectivity index (χ1) is 9.37. The molecule has 0 fully saturated rings. The van der Waals surface area contributed by atoms with Gasteiger partial charge in [-0.25, -0.2) is 0 Å². The minimum absolute atomic E-state index is 0.00516. The highest BCUT2D eigenvalue weighted by Gasteiger charge is 2.29. The van der Waals surface area contributed by atoms with Crippen LogP contribution in [-0.4, -0.2) is 12.0 Å². The summed E-state index contributed by atoms with van der Waals surface area (Å²) in [6.45, 7) is 1.88. The average molecular weight is 278 g/mol. The molecule has 104 valence electrons. The van der Waals surface area contributed by atoms with Crippen LogP contribution in [0.15, 0.2) is 48.5 Å². The van der Waals surface area contributed by atoms with Crippen LogP contribution in [0.4, 0.5) is 13.2 Å². The van der Waals surface area contributed by atoms with Gasteiger partial charge < -0.3 is 0 Å². The molecule has 0 unspecified atom stereocenters. The summed E-state index contributed by atoms with van der Waals surface area (Å²) in [6, 6.07) is 12.6. The third-order valence-electron chi connectivity index (χ3n) is 2.97. The summed E-state index contributed by atoms with van der Waals surface area (Å²) in [7, 11) is 0. The predicted octanol–water partition coefficient (Wildman–Crippen LogP) is 4.33. The van der Waals surface area contributed by atoms with E-state index in [0.717, 1.165) is 5.56 Å². The second kappa shape index (κ2) is 5.49. The van der Waals surface area contributed by atoms with Crippen molar-refractivity contribution >= 4 is 5.78 Å². The number of ketones is 1. The smallest absolute Gasteiger partial charge is 0.289 e. The van der Waals surface area contributed by atoms with Crippen molar-refractivity contribution in [2.75, 3.05) is 0 Å². The van der Waals surface area contributed by atoms with Crippen LogP contribution in [0, 0.1) is 6.92 Å². The van der Waals surface area contributed by atoms with Crippen LogP contribution in [0.3, 0.4) is 0 Å². The van der Waals surface area contributed by atoms with Gasteiger partial charge in [0, 0.05) is 11.1 Å². The Morgan fingerprint density at radius 2 is 1.60 bits per heavy atom. The largest absolute Gasteiger partial charge is 0.393 e. The number of carbonyl (C=O) groups is 1. The summed E-state index contributed by atoms with van der Waals surface area (Å²) in [5.41, 5.74) is 1.50. The van der Waals surface area contributed by atoms with Crippen molar-refractivity contribution in [2.24, 2.45) is 0 Å². The number of alkyl halides is 3. The Hall–Kier alpha value is -2.10. The van der Waals surface area contributed by atoms with Crippen molar-refractivity contribution < 1.29 is 18.0 Å². The number of halogens is 3. The molecule has 0 atom stereocenters. The molecular formula is C16H13F3O. The van der Waals surface area contributed by atoms with Gasteiger partial charge in [-0.1, -0.05) is 54.1 Å². The van der Waals surface area contributed by atoms with Gasteiger partial charge in [-0.15, -0.1) is 0 Å². The molecular weight excluding hydrogens is 265 g/mol. The third kappa shape index (κ3) is 3.47. The summed E-state index contributed by atoms with van der Waals surface area (Å²) in [6.07, 6.45) is -5.43. The topological polar surface area (TPSA) is 17.1 Å². The van der Waals surface area contributed by atoms with E-state index in [4.69, 9.17) is 0 Å². The summed E-state index contributed by atoms with van der Waals surface area (Å²) >= 11 is 0. The fraction of sp³-hybridized carbons (Fsp3) is 0.188. The van der Waals surface area contributed by atoms with Gasteiger partial charge in [0.05, 0.1) is 6.42 Å². The SMILES string of the molecule is Cc1ccc(C(=O)c2ccccc2CC(F)(F)F)cc1. The van der Waals surface area contributed by atoms with E-state index in [-0.39, 0.29) is 16.9 Å². The lowest BCUT2D eigenvalue weighted by molar-refractivity contribution is -0.127. The zero-order valence-corrected chi connectivity index (χ0v) is 10.9. The van der Waals surface area contributed by atoms with E-state index in [1.807, 2.05) is 6.92 Å². The number of benzene rings is 2. The third-order valence-corrected chi connectivity index (χ3v) is 2.97. The lowest BCUT2D eigenvalue weighted by atomic mass is 9.96.